The highest BCUT2D eigenvalue weighted by Crippen LogP contribution is 2.26. The zero-order valence-electron chi connectivity index (χ0n) is 13.0. The number of likely N-dealkylation sites (tertiary alicyclic amines) is 1. The van der Waals surface area contributed by atoms with Crippen molar-refractivity contribution in [1.29, 1.82) is 0 Å². The van der Waals surface area contributed by atoms with Gasteiger partial charge in [0.2, 0.25) is 5.91 Å². The Hall–Kier alpha value is -1.59. The van der Waals surface area contributed by atoms with E-state index in [1.54, 1.807) is 4.90 Å². The van der Waals surface area contributed by atoms with Gasteiger partial charge in [0.15, 0.2) is 0 Å². The molecule has 0 aliphatic carbocycles. The molecule has 0 bridgehead atoms. The van der Waals surface area contributed by atoms with E-state index in [-0.39, 0.29) is 18.4 Å². The minimum absolute atomic E-state index is 0.0474. The summed E-state index contributed by atoms with van der Waals surface area (Å²) in [4.78, 5) is 27.9. The number of hydrogen-bond acceptors (Lipinski definition) is 3. The molecule has 23 heavy (non-hydrogen) atoms. The topological polar surface area (TPSA) is 60.9 Å². The lowest BCUT2D eigenvalue weighted by molar-refractivity contribution is -0.145. The van der Waals surface area contributed by atoms with Crippen molar-refractivity contribution >= 4 is 23.4 Å². The second-order valence-corrected chi connectivity index (χ2v) is 6.62. The van der Waals surface area contributed by atoms with Gasteiger partial charge in [-0.2, -0.15) is 0 Å². The third kappa shape index (κ3) is 3.51. The quantitative estimate of drug-likeness (QED) is 0.892. The summed E-state index contributed by atoms with van der Waals surface area (Å²) in [5.74, 6) is -0.394. The number of aliphatic hydroxyl groups excluding tert-OH is 1. The van der Waals surface area contributed by atoms with Gasteiger partial charge in [0, 0.05) is 24.7 Å². The van der Waals surface area contributed by atoms with E-state index in [0.29, 0.717) is 26.1 Å². The SMILES string of the molecule is O=C(CN1CCCCC(O)C1=O)N1CCc2c(Cl)cccc2C1. The molecule has 1 atom stereocenters. The van der Waals surface area contributed by atoms with Crippen LogP contribution < -0.4 is 0 Å². The Kier molecular flexibility index (Phi) is 4.87. The van der Waals surface area contributed by atoms with Crippen molar-refractivity contribution in [3.8, 4) is 0 Å². The fourth-order valence-electron chi connectivity index (χ4n) is 3.28. The Morgan fingerprint density at radius 3 is 2.96 bits per heavy atom. The van der Waals surface area contributed by atoms with Gasteiger partial charge in [-0.15, -0.1) is 0 Å². The maximum atomic E-state index is 12.5. The number of benzene rings is 1. The lowest BCUT2D eigenvalue weighted by Crippen LogP contribution is -2.46. The van der Waals surface area contributed by atoms with E-state index in [1.165, 1.54) is 4.90 Å². The highest BCUT2D eigenvalue weighted by atomic mass is 35.5. The number of carbonyl (C=O) groups excluding carboxylic acids is 2. The standard InChI is InChI=1S/C17H21ClN2O3/c18-14-5-3-4-12-10-19(9-7-13(12)14)16(22)11-20-8-2-1-6-15(21)17(20)23/h3-5,15,21H,1-2,6-11H2. The van der Waals surface area contributed by atoms with Gasteiger partial charge in [-0.1, -0.05) is 23.7 Å². The van der Waals surface area contributed by atoms with Crippen LogP contribution in [0.3, 0.4) is 0 Å². The van der Waals surface area contributed by atoms with E-state index in [0.717, 1.165) is 35.4 Å². The third-order valence-electron chi connectivity index (χ3n) is 4.64. The smallest absolute Gasteiger partial charge is 0.251 e. The fraction of sp³-hybridized carbons (Fsp3) is 0.529. The van der Waals surface area contributed by atoms with Gasteiger partial charge in [0.1, 0.15) is 6.10 Å². The monoisotopic (exact) mass is 336 g/mol. The van der Waals surface area contributed by atoms with Gasteiger partial charge in [-0.05, 0) is 42.9 Å². The number of carbonyl (C=O) groups is 2. The molecule has 1 aromatic carbocycles. The normalized spacial score (nSPS) is 21.8. The summed E-state index contributed by atoms with van der Waals surface area (Å²) in [5, 5.41) is 10.5. The Balaban J connectivity index is 1.66. The summed E-state index contributed by atoms with van der Waals surface area (Å²) >= 11 is 6.19. The van der Waals surface area contributed by atoms with Crippen molar-refractivity contribution in [2.75, 3.05) is 19.6 Å². The zero-order chi connectivity index (χ0) is 16.4. The first-order valence-corrected chi connectivity index (χ1v) is 8.45. The van der Waals surface area contributed by atoms with Gasteiger partial charge in [0.05, 0.1) is 6.54 Å². The molecule has 1 N–H and O–H groups in total. The van der Waals surface area contributed by atoms with Crippen LogP contribution in [0, 0.1) is 0 Å². The molecule has 124 valence electrons. The molecule has 5 nitrogen and oxygen atoms in total. The molecule has 2 amide bonds. The number of fused-ring (bicyclic) bond motifs is 1. The highest BCUT2D eigenvalue weighted by molar-refractivity contribution is 6.31. The van der Waals surface area contributed by atoms with Crippen molar-refractivity contribution in [2.45, 2.75) is 38.3 Å². The Bertz CT molecular complexity index is 620. The van der Waals surface area contributed by atoms with E-state index in [2.05, 4.69) is 0 Å². The molecule has 2 aliphatic heterocycles. The molecule has 0 spiro atoms. The third-order valence-corrected chi connectivity index (χ3v) is 4.99. The van der Waals surface area contributed by atoms with Crippen LogP contribution in [-0.2, 0) is 22.6 Å². The van der Waals surface area contributed by atoms with Crippen LogP contribution in [0.4, 0.5) is 0 Å². The second kappa shape index (κ2) is 6.89. The number of amides is 2. The average Bonchev–Trinajstić information content (AvgIpc) is 2.70. The predicted molar refractivity (Wildman–Crippen MR) is 87.0 cm³/mol. The van der Waals surface area contributed by atoms with Crippen molar-refractivity contribution in [3.63, 3.8) is 0 Å². The summed E-state index contributed by atoms with van der Waals surface area (Å²) in [6.45, 7) is 1.73. The number of nitrogens with zero attached hydrogens (tertiary/aromatic N) is 2. The van der Waals surface area contributed by atoms with Crippen LogP contribution in [0.15, 0.2) is 18.2 Å². The molecular weight excluding hydrogens is 316 g/mol. The number of aliphatic hydroxyl groups is 1. The van der Waals surface area contributed by atoms with Crippen molar-refractivity contribution < 1.29 is 14.7 Å². The second-order valence-electron chi connectivity index (χ2n) is 6.21. The first kappa shape index (κ1) is 16.3. The fourth-order valence-corrected chi connectivity index (χ4v) is 3.57. The van der Waals surface area contributed by atoms with E-state index in [9.17, 15) is 14.7 Å². The molecular formula is C17H21ClN2O3. The van der Waals surface area contributed by atoms with Crippen molar-refractivity contribution in [1.82, 2.24) is 9.80 Å². The molecule has 1 saturated heterocycles. The Labute approximate surface area is 140 Å². The number of hydrogen-bond donors (Lipinski definition) is 1. The summed E-state index contributed by atoms with van der Waals surface area (Å²) in [6.07, 6.45) is 1.89. The molecule has 0 saturated carbocycles. The van der Waals surface area contributed by atoms with Crippen LogP contribution in [-0.4, -0.2) is 52.5 Å². The number of rotatable bonds is 2. The lowest BCUT2D eigenvalue weighted by Gasteiger charge is -2.31. The highest BCUT2D eigenvalue weighted by Gasteiger charge is 2.29. The van der Waals surface area contributed by atoms with E-state index in [1.807, 2.05) is 18.2 Å². The Morgan fingerprint density at radius 2 is 2.13 bits per heavy atom. The van der Waals surface area contributed by atoms with Crippen LogP contribution in [0.2, 0.25) is 5.02 Å². The maximum absolute atomic E-state index is 12.5. The zero-order valence-corrected chi connectivity index (χ0v) is 13.8. The average molecular weight is 337 g/mol. The van der Waals surface area contributed by atoms with Gasteiger partial charge < -0.3 is 14.9 Å². The van der Waals surface area contributed by atoms with Gasteiger partial charge in [-0.25, -0.2) is 0 Å². The molecule has 0 aromatic heterocycles. The molecule has 2 heterocycles. The maximum Gasteiger partial charge on any atom is 0.251 e. The van der Waals surface area contributed by atoms with Gasteiger partial charge in [-0.3, -0.25) is 9.59 Å². The van der Waals surface area contributed by atoms with E-state index >= 15 is 0 Å². The minimum Gasteiger partial charge on any atom is -0.383 e. The molecule has 2 aliphatic rings. The van der Waals surface area contributed by atoms with E-state index in [4.69, 9.17) is 11.6 Å². The molecule has 6 heteroatoms. The van der Waals surface area contributed by atoms with Gasteiger partial charge >= 0.3 is 0 Å². The lowest BCUT2D eigenvalue weighted by atomic mass is 10.00. The summed E-state index contributed by atoms with van der Waals surface area (Å²) in [6, 6.07) is 5.75. The number of halogens is 1. The van der Waals surface area contributed by atoms with Crippen molar-refractivity contribution in [3.05, 3.63) is 34.3 Å². The van der Waals surface area contributed by atoms with E-state index < -0.39 is 6.10 Å². The van der Waals surface area contributed by atoms with Crippen LogP contribution >= 0.6 is 11.6 Å². The first-order valence-electron chi connectivity index (χ1n) is 8.07. The largest absolute Gasteiger partial charge is 0.383 e. The van der Waals surface area contributed by atoms with Gasteiger partial charge in [0.25, 0.3) is 5.91 Å². The molecule has 1 unspecified atom stereocenters. The molecule has 3 rings (SSSR count). The van der Waals surface area contributed by atoms with Crippen LogP contribution in [0.1, 0.15) is 30.4 Å². The van der Waals surface area contributed by atoms with Crippen molar-refractivity contribution in [2.24, 2.45) is 0 Å². The Morgan fingerprint density at radius 1 is 1.30 bits per heavy atom. The minimum atomic E-state index is -0.966. The first-order chi connectivity index (χ1) is 11.1. The summed E-state index contributed by atoms with van der Waals surface area (Å²) in [5.41, 5.74) is 2.18. The summed E-state index contributed by atoms with van der Waals surface area (Å²) < 4.78 is 0. The summed E-state index contributed by atoms with van der Waals surface area (Å²) in [7, 11) is 0. The van der Waals surface area contributed by atoms with Crippen LogP contribution in [0.25, 0.3) is 0 Å². The predicted octanol–water partition coefficient (Wildman–Crippen LogP) is 1.60. The van der Waals surface area contributed by atoms with Crippen LogP contribution in [0.5, 0.6) is 0 Å². The molecule has 1 aromatic rings. The molecule has 1 fully saturated rings. The molecule has 0 radical (unpaired) electrons.